The van der Waals surface area contributed by atoms with Crippen LogP contribution in [0.25, 0.3) is 0 Å². The lowest BCUT2D eigenvalue weighted by molar-refractivity contribution is 0.0924. The van der Waals surface area contributed by atoms with Gasteiger partial charge in [0.2, 0.25) is 0 Å². The monoisotopic (exact) mass is 387 g/mol. The minimum atomic E-state index is -0.131. The summed E-state index contributed by atoms with van der Waals surface area (Å²) in [5.41, 5.74) is 4.41. The maximum atomic E-state index is 12.8. The van der Waals surface area contributed by atoms with Crippen LogP contribution in [-0.4, -0.2) is 36.0 Å². The molecule has 5 nitrogen and oxygen atoms in total. The van der Waals surface area contributed by atoms with Crippen molar-refractivity contribution in [3.05, 3.63) is 95.3 Å². The van der Waals surface area contributed by atoms with E-state index in [-0.39, 0.29) is 11.9 Å². The summed E-state index contributed by atoms with van der Waals surface area (Å²) in [5, 5.41) is 3.11. The van der Waals surface area contributed by atoms with Gasteiger partial charge >= 0.3 is 0 Å². The molecule has 1 aliphatic rings. The van der Waals surface area contributed by atoms with Crippen LogP contribution in [0.2, 0.25) is 0 Å². The molecule has 1 aliphatic heterocycles. The van der Waals surface area contributed by atoms with E-state index in [1.807, 2.05) is 24.4 Å². The predicted octanol–water partition coefficient (Wildman–Crippen LogP) is 3.62. The van der Waals surface area contributed by atoms with Crippen LogP contribution in [0.15, 0.2) is 73.1 Å². The molecule has 2 heterocycles. The topological polar surface area (TPSA) is 54.5 Å². The number of fused-ring (bicyclic) bond motifs is 1. The van der Waals surface area contributed by atoms with Gasteiger partial charge in [-0.2, -0.15) is 0 Å². The minimum Gasteiger partial charge on any atom is -0.496 e. The number of ether oxygens (including phenoxy) is 1. The second kappa shape index (κ2) is 8.88. The number of nitrogens with one attached hydrogen (secondary N) is 1. The third-order valence-corrected chi connectivity index (χ3v) is 5.48. The van der Waals surface area contributed by atoms with Crippen LogP contribution in [0.4, 0.5) is 0 Å². The molecule has 1 aromatic heterocycles. The van der Waals surface area contributed by atoms with Crippen molar-refractivity contribution in [2.75, 3.05) is 20.2 Å². The number of para-hydroxylation sites is 1. The molecular formula is C24H25N3O2. The van der Waals surface area contributed by atoms with Crippen molar-refractivity contribution in [1.82, 2.24) is 15.2 Å². The average Bonchev–Trinajstić information content (AvgIpc) is 2.79. The SMILES string of the molecule is COc1ccccc1C(=O)NC[C@H](c1cccnc1)N1CCc2ccccc2C1. The summed E-state index contributed by atoms with van der Waals surface area (Å²) >= 11 is 0. The van der Waals surface area contributed by atoms with Crippen LogP contribution >= 0.6 is 0 Å². The van der Waals surface area contributed by atoms with E-state index in [1.54, 1.807) is 25.4 Å². The quantitative estimate of drug-likeness (QED) is 0.702. The van der Waals surface area contributed by atoms with Gasteiger partial charge in [0.1, 0.15) is 5.75 Å². The molecule has 4 rings (SSSR count). The van der Waals surface area contributed by atoms with Gasteiger partial charge in [0.25, 0.3) is 5.91 Å². The number of nitrogens with zero attached hydrogens (tertiary/aromatic N) is 2. The first-order chi connectivity index (χ1) is 14.3. The van der Waals surface area contributed by atoms with Crippen molar-refractivity contribution in [2.45, 2.75) is 19.0 Å². The molecule has 0 fully saturated rings. The zero-order chi connectivity index (χ0) is 20.1. The standard InChI is InChI=1S/C24H25N3O2/c1-29-23-11-5-4-10-21(23)24(28)26-16-22(19-9-6-13-25-15-19)27-14-12-18-7-2-3-8-20(18)17-27/h2-11,13,15,22H,12,14,16-17H2,1H3,(H,26,28)/t22-/m1/s1. The maximum Gasteiger partial charge on any atom is 0.255 e. The summed E-state index contributed by atoms with van der Waals surface area (Å²) in [7, 11) is 1.58. The van der Waals surface area contributed by atoms with Gasteiger partial charge in [-0.05, 0) is 41.3 Å². The molecule has 29 heavy (non-hydrogen) atoms. The smallest absolute Gasteiger partial charge is 0.255 e. The number of benzene rings is 2. The molecule has 0 bridgehead atoms. The van der Waals surface area contributed by atoms with Gasteiger partial charge in [-0.25, -0.2) is 0 Å². The number of hydrogen-bond donors (Lipinski definition) is 1. The molecule has 1 amide bonds. The Labute approximate surface area is 171 Å². The van der Waals surface area contributed by atoms with Crippen LogP contribution < -0.4 is 10.1 Å². The van der Waals surface area contributed by atoms with Crippen LogP contribution in [0.3, 0.4) is 0 Å². The molecule has 148 valence electrons. The Bertz CT molecular complexity index is 975. The summed E-state index contributed by atoms with van der Waals surface area (Å²) < 4.78 is 5.33. The van der Waals surface area contributed by atoms with E-state index in [2.05, 4.69) is 45.5 Å². The van der Waals surface area contributed by atoms with Crippen LogP contribution in [0, 0.1) is 0 Å². The lowest BCUT2D eigenvalue weighted by atomic mass is 9.97. The fourth-order valence-electron chi connectivity index (χ4n) is 3.93. The minimum absolute atomic E-state index is 0.0516. The number of hydrogen-bond acceptors (Lipinski definition) is 4. The summed E-state index contributed by atoms with van der Waals surface area (Å²) in [6, 6.07) is 19.9. The lowest BCUT2D eigenvalue weighted by Gasteiger charge is -2.36. The van der Waals surface area contributed by atoms with Crippen LogP contribution in [0.1, 0.15) is 33.1 Å². The number of carbonyl (C=O) groups is 1. The van der Waals surface area contributed by atoms with Gasteiger partial charge < -0.3 is 10.1 Å². The van der Waals surface area contributed by atoms with Crippen molar-refractivity contribution in [2.24, 2.45) is 0 Å². The van der Waals surface area contributed by atoms with E-state index in [1.165, 1.54) is 11.1 Å². The molecule has 0 unspecified atom stereocenters. The molecule has 1 atom stereocenters. The number of carbonyl (C=O) groups excluding carboxylic acids is 1. The van der Waals surface area contributed by atoms with Crippen molar-refractivity contribution in [1.29, 1.82) is 0 Å². The molecule has 0 saturated heterocycles. The summed E-state index contributed by atoms with van der Waals surface area (Å²) in [4.78, 5) is 19.5. The third kappa shape index (κ3) is 4.30. The normalized spacial score (nSPS) is 14.7. The highest BCUT2D eigenvalue weighted by Crippen LogP contribution is 2.27. The van der Waals surface area contributed by atoms with Gasteiger partial charge in [-0.15, -0.1) is 0 Å². The van der Waals surface area contributed by atoms with E-state index >= 15 is 0 Å². The first-order valence-corrected chi connectivity index (χ1v) is 9.88. The highest BCUT2D eigenvalue weighted by atomic mass is 16.5. The van der Waals surface area contributed by atoms with Crippen LogP contribution in [0.5, 0.6) is 5.75 Å². The van der Waals surface area contributed by atoms with Gasteiger partial charge in [0.15, 0.2) is 0 Å². The first kappa shape index (κ1) is 19.2. The van der Waals surface area contributed by atoms with Crippen molar-refractivity contribution >= 4 is 5.91 Å². The predicted molar refractivity (Wildman–Crippen MR) is 113 cm³/mol. The Balaban J connectivity index is 1.54. The van der Waals surface area contributed by atoms with Gasteiger partial charge in [-0.3, -0.25) is 14.7 Å². The maximum absolute atomic E-state index is 12.8. The van der Waals surface area contributed by atoms with Crippen LogP contribution in [-0.2, 0) is 13.0 Å². The Kier molecular flexibility index (Phi) is 5.86. The Hall–Kier alpha value is -3.18. The fraction of sp³-hybridized carbons (Fsp3) is 0.250. The summed E-state index contributed by atoms with van der Waals surface area (Å²) in [6.45, 7) is 2.31. The zero-order valence-electron chi connectivity index (χ0n) is 16.5. The van der Waals surface area contributed by atoms with E-state index in [0.717, 1.165) is 25.1 Å². The number of aromatic nitrogens is 1. The lowest BCUT2D eigenvalue weighted by Crippen LogP contribution is -2.40. The van der Waals surface area contributed by atoms with Gasteiger partial charge in [-0.1, -0.05) is 42.5 Å². The summed E-state index contributed by atoms with van der Waals surface area (Å²) in [6.07, 6.45) is 4.67. The third-order valence-electron chi connectivity index (χ3n) is 5.48. The molecule has 0 aliphatic carbocycles. The van der Waals surface area contributed by atoms with Crippen molar-refractivity contribution < 1.29 is 9.53 Å². The molecule has 3 aromatic rings. The van der Waals surface area contributed by atoms with Crippen molar-refractivity contribution in [3.63, 3.8) is 0 Å². The zero-order valence-corrected chi connectivity index (χ0v) is 16.5. The number of methoxy groups -OCH3 is 1. The second-order valence-electron chi connectivity index (χ2n) is 7.20. The number of pyridine rings is 1. The number of rotatable bonds is 6. The van der Waals surface area contributed by atoms with E-state index < -0.39 is 0 Å². The van der Waals surface area contributed by atoms with E-state index in [4.69, 9.17) is 4.74 Å². The highest BCUT2D eigenvalue weighted by molar-refractivity contribution is 5.96. The molecule has 0 saturated carbocycles. The molecule has 2 aromatic carbocycles. The molecule has 0 spiro atoms. The second-order valence-corrected chi connectivity index (χ2v) is 7.20. The Morgan fingerprint density at radius 2 is 1.90 bits per heavy atom. The van der Waals surface area contributed by atoms with Gasteiger partial charge in [0, 0.05) is 32.0 Å². The molecule has 1 N–H and O–H groups in total. The number of amides is 1. The highest BCUT2D eigenvalue weighted by Gasteiger charge is 2.25. The van der Waals surface area contributed by atoms with E-state index in [0.29, 0.717) is 17.9 Å². The summed E-state index contributed by atoms with van der Waals surface area (Å²) in [5.74, 6) is 0.448. The first-order valence-electron chi connectivity index (χ1n) is 9.88. The largest absolute Gasteiger partial charge is 0.496 e. The van der Waals surface area contributed by atoms with E-state index in [9.17, 15) is 4.79 Å². The Morgan fingerprint density at radius 3 is 2.69 bits per heavy atom. The molecule has 5 heteroatoms. The molecule has 0 radical (unpaired) electrons. The molecular weight excluding hydrogens is 362 g/mol. The van der Waals surface area contributed by atoms with Crippen molar-refractivity contribution in [3.8, 4) is 5.75 Å². The average molecular weight is 387 g/mol. The fourth-order valence-corrected chi connectivity index (χ4v) is 3.93. The Morgan fingerprint density at radius 1 is 1.10 bits per heavy atom. The van der Waals surface area contributed by atoms with Gasteiger partial charge in [0.05, 0.1) is 18.7 Å².